The highest BCUT2D eigenvalue weighted by Gasteiger charge is 2.21. The molecule has 7 heteroatoms. The Balaban J connectivity index is 1.24. The normalized spacial score (nSPS) is 16.9. The van der Waals surface area contributed by atoms with Gasteiger partial charge in [0.1, 0.15) is 5.82 Å². The lowest BCUT2D eigenvalue weighted by atomic mass is 9.90. The maximum absolute atomic E-state index is 12.5. The first kappa shape index (κ1) is 20.2. The first-order chi connectivity index (χ1) is 14.7. The summed E-state index contributed by atoms with van der Waals surface area (Å²) in [4.78, 5) is 25.4. The second-order valence-corrected chi connectivity index (χ2v) is 7.85. The smallest absolute Gasteiger partial charge is 0.224 e. The standard InChI is InChI=1S/C23H30N6O/c24-23(27-20-9-5-7-18-6-1-2-8-19(18)20)26-13-11-22(30)29-16-14-28(15-17-29)21-10-3-4-12-25-21/h3-5,7,9-10,12H,1-2,6,8,11,13-17H2,(H3,24,26,27). The Morgan fingerprint density at radius 3 is 2.70 bits per heavy atom. The number of nitrogens with one attached hydrogen (secondary N) is 1. The Morgan fingerprint density at radius 2 is 1.90 bits per heavy atom. The van der Waals surface area contributed by atoms with E-state index in [-0.39, 0.29) is 5.91 Å². The molecule has 0 saturated carbocycles. The van der Waals surface area contributed by atoms with Crippen molar-refractivity contribution in [2.75, 3.05) is 42.9 Å². The Hall–Kier alpha value is -3.09. The van der Waals surface area contributed by atoms with Crippen LogP contribution in [-0.4, -0.2) is 54.5 Å². The second kappa shape index (κ2) is 9.61. The maximum Gasteiger partial charge on any atom is 0.224 e. The Labute approximate surface area is 178 Å². The van der Waals surface area contributed by atoms with Gasteiger partial charge in [0.25, 0.3) is 0 Å². The van der Waals surface area contributed by atoms with E-state index < -0.39 is 0 Å². The fourth-order valence-corrected chi connectivity index (χ4v) is 4.23. The summed E-state index contributed by atoms with van der Waals surface area (Å²) in [6.45, 7) is 3.42. The topological polar surface area (TPSA) is 86.8 Å². The molecule has 1 fully saturated rings. The minimum Gasteiger partial charge on any atom is -0.370 e. The minimum absolute atomic E-state index is 0.129. The predicted molar refractivity (Wildman–Crippen MR) is 121 cm³/mol. The SMILES string of the molecule is NC(=NCCC(=O)N1CCN(c2ccccn2)CC1)Nc1cccc2c1CCCC2. The minimum atomic E-state index is 0.129. The van der Waals surface area contributed by atoms with Gasteiger partial charge in [-0.1, -0.05) is 18.2 Å². The number of guanidine groups is 1. The molecule has 1 amide bonds. The van der Waals surface area contributed by atoms with Crippen molar-refractivity contribution in [1.29, 1.82) is 0 Å². The van der Waals surface area contributed by atoms with Gasteiger partial charge in [0.05, 0.1) is 6.54 Å². The number of hydrogen-bond acceptors (Lipinski definition) is 4. The van der Waals surface area contributed by atoms with Crippen molar-refractivity contribution in [1.82, 2.24) is 9.88 Å². The second-order valence-electron chi connectivity index (χ2n) is 7.85. The molecule has 7 nitrogen and oxygen atoms in total. The van der Waals surface area contributed by atoms with Crippen molar-refractivity contribution in [2.45, 2.75) is 32.1 Å². The molecule has 2 aliphatic rings. The monoisotopic (exact) mass is 406 g/mol. The van der Waals surface area contributed by atoms with E-state index in [0.29, 0.717) is 32.0 Å². The predicted octanol–water partition coefficient (Wildman–Crippen LogP) is 2.43. The third kappa shape index (κ3) is 4.90. The summed E-state index contributed by atoms with van der Waals surface area (Å²) < 4.78 is 0. The third-order valence-electron chi connectivity index (χ3n) is 5.87. The summed E-state index contributed by atoms with van der Waals surface area (Å²) in [5, 5.41) is 3.24. The van der Waals surface area contributed by atoms with E-state index >= 15 is 0 Å². The number of anilines is 2. The molecule has 1 aromatic heterocycles. The van der Waals surface area contributed by atoms with Gasteiger partial charge in [0.2, 0.25) is 5.91 Å². The molecular formula is C23H30N6O. The summed E-state index contributed by atoms with van der Waals surface area (Å²) >= 11 is 0. The van der Waals surface area contributed by atoms with Crippen molar-refractivity contribution < 1.29 is 4.79 Å². The Kier molecular flexibility index (Phi) is 6.47. The van der Waals surface area contributed by atoms with Crippen LogP contribution >= 0.6 is 0 Å². The van der Waals surface area contributed by atoms with E-state index in [1.165, 1.54) is 24.0 Å². The number of hydrogen-bond donors (Lipinski definition) is 2. The van der Waals surface area contributed by atoms with Gasteiger partial charge >= 0.3 is 0 Å². The molecule has 0 radical (unpaired) electrons. The van der Waals surface area contributed by atoms with Gasteiger partial charge < -0.3 is 20.9 Å². The van der Waals surface area contributed by atoms with E-state index in [4.69, 9.17) is 5.73 Å². The molecule has 1 saturated heterocycles. The van der Waals surface area contributed by atoms with Crippen molar-refractivity contribution >= 4 is 23.4 Å². The Morgan fingerprint density at radius 1 is 1.07 bits per heavy atom. The number of carbonyl (C=O) groups is 1. The molecule has 0 bridgehead atoms. The molecule has 1 aliphatic heterocycles. The maximum atomic E-state index is 12.5. The van der Waals surface area contributed by atoms with E-state index in [0.717, 1.165) is 37.4 Å². The number of aromatic nitrogens is 1. The molecule has 1 aliphatic carbocycles. The first-order valence-corrected chi connectivity index (χ1v) is 10.8. The van der Waals surface area contributed by atoms with Crippen LogP contribution in [0.1, 0.15) is 30.4 Å². The molecule has 4 rings (SSSR count). The Bertz CT molecular complexity index is 890. The number of amides is 1. The molecule has 30 heavy (non-hydrogen) atoms. The largest absolute Gasteiger partial charge is 0.370 e. The summed E-state index contributed by atoms with van der Waals surface area (Å²) in [5.41, 5.74) is 9.89. The third-order valence-corrected chi connectivity index (χ3v) is 5.87. The van der Waals surface area contributed by atoms with E-state index in [2.05, 4.69) is 38.4 Å². The highest BCUT2D eigenvalue weighted by Crippen LogP contribution is 2.27. The molecule has 0 unspecified atom stereocenters. The zero-order chi connectivity index (χ0) is 20.8. The molecule has 3 N–H and O–H groups in total. The number of nitrogens with zero attached hydrogens (tertiary/aromatic N) is 4. The summed E-state index contributed by atoms with van der Waals surface area (Å²) in [5.74, 6) is 1.47. The summed E-state index contributed by atoms with van der Waals surface area (Å²) in [7, 11) is 0. The quantitative estimate of drug-likeness (QED) is 0.588. The lowest BCUT2D eigenvalue weighted by Crippen LogP contribution is -2.49. The lowest BCUT2D eigenvalue weighted by Gasteiger charge is -2.35. The summed E-state index contributed by atoms with van der Waals surface area (Å²) in [6, 6.07) is 12.2. The number of carbonyl (C=O) groups excluding carboxylic acids is 1. The van der Waals surface area contributed by atoms with Gasteiger partial charge in [-0.25, -0.2) is 4.98 Å². The molecule has 0 atom stereocenters. The number of pyridine rings is 1. The van der Waals surface area contributed by atoms with Crippen LogP contribution in [0.15, 0.2) is 47.6 Å². The van der Waals surface area contributed by atoms with Gasteiger partial charge in [-0.05, 0) is 55.0 Å². The van der Waals surface area contributed by atoms with Crippen molar-refractivity contribution in [3.63, 3.8) is 0 Å². The molecule has 0 spiro atoms. The van der Waals surface area contributed by atoms with Gasteiger partial charge in [0, 0.05) is 44.5 Å². The van der Waals surface area contributed by atoms with Crippen LogP contribution in [0.25, 0.3) is 0 Å². The van der Waals surface area contributed by atoms with E-state index in [9.17, 15) is 4.79 Å². The highest BCUT2D eigenvalue weighted by atomic mass is 16.2. The van der Waals surface area contributed by atoms with Crippen LogP contribution < -0.4 is 16.0 Å². The number of benzene rings is 1. The van der Waals surface area contributed by atoms with Crippen LogP contribution in [0.3, 0.4) is 0 Å². The molecule has 158 valence electrons. The average Bonchev–Trinajstić information content (AvgIpc) is 2.80. The van der Waals surface area contributed by atoms with Crippen LogP contribution in [0, 0.1) is 0 Å². The molecule has 2 aromatic rings. The van der Waals surface area contributed by atoms with Crippen molar-refractivity contribution in [3.05, 3.63) is 53.7 Å². The van der Waals surface area contributed by atoms with Crippen LogP contribution in [-0.2, 0) is 17.6 Å². The number of rotatable bonds is 5. The van der Waals surface area contributed by atoms with Crippen molar-refractivity contribution in [3.8, 4) is 0 Å². The van der Waals surface area contributed by atoms with Crippen molar-refractivity contribution in [2.24, 2.45) is 10.7 Å². The fourth-order valence-electron chi connectivity index (χ4n) is 4.23. The van der Waals surface area contributed by atoms with Crippen LogP contribution in [0.5, 0.6) is 0 Å². The number of aliphatic imine (C=N–C) groups is 1. The first-order valence-electron chi connectivity index (χ1n) is 10.8. The van der Waals surface area contributed by atoms with Gasteiger partial charge in [-0.2, -0.15) is 0 Å². The lowest BCUT2D eigenvalue weighted by molar-refractivity contribution is -0.131. The fraction of sp³-hybridized carbons (Fsp3) is 0.435. The zero-order valence-corrected chi connectivity index (χ0v) is 17.4. The molecular weight excluding hydrogens is 376 g/mol. The molecule has 1 aromatic carbocycles. The van der Waals surface area contributed by atoms with Gasteiger partial charge in [-0.15, -0.1) is 0 Å². The highest BCUT2D eigenvalue weighted by molar-refractivity contribution is 5.93. The number of piperazine rings is 1. The van der Waals surface area contributed by atoms with E-state index in [1.54, 1.807) is 6.20 Å². The number of fused-ring (bicyclic) bond motifs is 1. The van der Waals surface area contributed by atoms with Gasteiger partial charge in [0.15, 0.2) is 5.96 Å². The van der Waals surface area contributed by atoms with Gasteiger partial charge in [-0.3, -0.25) is 9.79 Å². The number of aryl methyl sites for hydroxylation is 1. The summed E-state index contributed by atoms with van der Waals surface area (Å²) in [6.07, 6.45) is 6.84. The van der Waals surface area contributed by atoms with Crippen LogP contribution in [0.4, 0.5) is 11.5 Å². The zero-order valence-electron chi connectivity index (χ0n) is 17.4. The number of nitrogens with two attached hydrogens (primary N) is 1. The van der Waals surface area contributed by atoms with E-state index in [1.807, 2.05) is 23.1 Å². The molecule has 2 heterocycles. The van der Waals surface area contributed by atoms with Crippen LogP contribution in [0.2, 0.25) is 0 Å². The average molecular weight is 407 g/mol.